The van der Waals surface area contributed by atoms with Crippen molar-refractivity contribution in [3.05, 3.63) is 83.9 Å². The number of nitrogens with zero attached hydrogens (tertiary/aromatic N) is 2. The predicted octanol–water partition coefficient (Wildman–Crippen LogP) is 4.54. The Morgan fingerprint density at radius 2 is 1.61 bits per heavy atom. The quantitative estimate of drug-likeness (QED) is 0.300. The third kappa shape index (κ3) is 7.79. The van der Waals surface area contributed by atoms with E-state index in [1.54, 1.807) is 30.3 Å². The maximum Gasteiger partial charge on any atom is 0.264 e. The molecular formula is C31H39N3O6S. The van der Waals surface area contributed by atoms with Gasteiger partial charge in [-0.05, 0) is 49.6 Å². The van der Waals surface area contributed by atoms with Gasteiger partial charge >= 0.3 is 0 Å². The third-order valence-electron chi connectivity index (χ3n) is 6.64. The highest BCUT2D eigenvalue weighted by molar-refractivity contribution is 7.92. The number of methoxy groups -OCH3 is 2. The average Bonchev–Trinajstić information content (AvgIpc) is 2.98. The molecule has 9 nitrogen and oxygen atoms in total. The molecule has 41 heavy (non-hydrogen) atoms. The molecule has 0 aliphatic carbocycles. The third-order valence-corrected chi connectivity index (χ3v) is 8.42. The molecular weight excluding hydrogens is 542 g/mol. The summed E-state index contributed by atoms with van der Waals surface area (Å²) in [5.41, 5.74) is 2.07. The van der Waals surface area contributed by atoms with Gasteiger partial charge in [0.15, 0.2) is 11.5 Å². The lowest BCUT2D eigenvalue weighted by molar-refractivity contribution is -0.140. The van der Waals surface area contributed by atoms with Crippen molar-refractivity contribution in [2.24, 2.45) is 0 Å². The minimum absolute atomic E-state index is 0.0283. The Morgan fingerprint density at radius 3 is 2.22 bits per heavy atom. The highest BCUT2D eigenvalue weighted by atomic mass is 32.2. The predicted molar refractivity (Wildman–Crippen MR) is 160 cm³/mol. The fourth-order valence-corrected chi connectivity index (χ4v) is 5.95. The van der Waals surface area contributed by atoms with Gasteiger partial charge in [0.1, 0.15) is 12.6 Å². The Morgan fingerprint density at radius 1 is 0.902 bits per heavy atom. The number of hydrogen-bond acceptors (Lipinski definition) is 6. The van der Waals surface area contributed by atoms with E-state index >= 15 is 0 Å². The summed E-state index contributed by atoms with van der Waals surface area (Å²) >= 11 is 0. The van der Waals surface area contributed by atoms with Crippen LogP contribution in [0.3, 0.4) is 0 Å². The van der Waals surface area contributed by atoms with Gasteiger partial charge in [0.2, 0.25) is 11.8 Å². The summed E-state index contributed by atoms with van der Waals surface area (Å²) in [6.45, 7) is 5.82. The van der Waals surface area contributed by atoms with Gasteiger partial charge < -0.3 is 19.7 Å². The number of sulfonamides is 1. The number of anilines is 1. The van der Waals surface area contributed by atoms with Crippen LogP contribution in [0, 0.1) is 6.92 Å². The largest absolute Gasteiger partial charge is 0.493 e. The van der Waals surface area contributed by atoms with Crippen LogP contribution in [0.5, 0.6) is 11.5 Å². The molecule has 2 amide bonds. The second-order valence-corrected chi connectivity index (χ2v) is 11.5. The summed E-state index contributed by atoms with van der Waals surface area (Å²) in [5.74, 6) is -0.0645. The molecule has 3 aromatic carbocycles. The summed E-state index contributed by atoms with van der Waals surface area (Å²) < 4.78 is 39.7. The van der Waals surface area contributed by atoms with Gasteiger partial charge in [-0.25, -0.2) is 8.42 Å². The summed E-state index contributed by atoms with van der Waals surface area (Å²) in [5, 5.41) is 2.89. The van der Waals surface area contributed by atoms with E-state index in [0.717, 1.165) is 21.9 Å². The number of amides is 2. The molecule has 3 rings (SSSR count). The van der Waals surface area contributed by atoms with Gasteiger partial charge in [-0.1, -0.05) is 61.9 Å². The number of nitrogens with one attached hydrogen (secondary N) is 1. The van der Waals surface area contributed by atoms with E-state index in [0.29, 0.717) is 24.5 Å². The maximum atomic E-state index is 14.1. The standard InChI is InChI=1S/C31H39N3O6S/c1-6-18-32-31(36)27(7-2)33(21-24-13-11-12-23(3)19-24)30(35)22-34(41(37,38)26-14-9-8-10-15-26)25-16-17-28(39-4)29(20-25)40-5/h8-17,19-20,27H,6-7,18,21-22H2,1-5H3,(H,32,36). The lowest BCUT2D eigenvalue weighted by Crippen LogP contribution is -2.52. The SMILES string of the molecule is CCCNC(=O)C(CC)N(Cc1cccc(C)c1)C(=O)CN(c1ccc(OC)c(OC)c1)S(=O)(=O)c1ccccc1. The van der Waals surface area contributed by atoms with Crippen molar-refractivity contribution in [1.29, 1.82) is 0 Å². The molecule has 220 valence electrons. The van der Waals surface area contributed by atoms with Gasteiger partial charge in [-0.2, -0.15) is 0 Å². The summed E-state index contributed by atoms with van der Waals surface area (Å²) in [6.07, 6.45) is 1.10. The normalized spacial score (nSPS) is 11.8. The molecule has 1 atom stereocenters. The van der Waals surface area contributed by atoms with Crippen LogP contribution in [-0.4, -0.2) is 58.5 Å². The van der Waals surface area contributed by atoms with E-state index in [9.17, 15) is 18.0 Å². The van der Waals surface area contributed by atoms with E-state index in [2.05, 4.69) is 5.32 Å². The number of rotatable bonds is 14. The van der Waals surface area contributed by atoms with Crippen LogP contribution in [0.1, 0.15) is 37.8 Å². The molecule has 0 aliphatic rings. The molecule has 1 unspecified atom stereocenters. The van der Waals surface area contributed by atoms with Crippen molar-refractivity contribution < 1.29 is 27.5 Å². The first kappa shape index (κ1) is 31.5. The molecule has 0 heterocycles. The van der Waals surface area contributed by atoms with Crippen molar-refractivity contribution >= 4 is 27.5 Å². The number of benzene rings is 3. The summed E-state index contributed by atoms with van der Waals surface area (Å²) in [6, 6.07) is 19.5. The van der Waals surface area contributed by atoms with Crippen molar-refractivity contribution in [3.8, 4) is 11.5 Å². The lowest BCUT2D eigenvalue weighted by Gasteiger charge is -2.33. The van der Waals surface area contributed by atoms with E-state index < -0.39 is 28.5 Å². The zero-order valence-corrected chi connectivity index (χ0v) is 25.1. The first-order chi connectivity index (χ1) is 19.7. The number of carbonyl (C=O) groups is 2. The Hall–Kier alpha value is -4.05. The van der Waals surface area contributed by atoms with Crippen molar-refractivity contribution in [3.63, 3.8) is 0 Å². The molecule has 0 saturated carbocycles. The number of aryl methyl sites for hydroxylation is 1. The second kappa shape index (κ2) is 14.5. The Kier molecular flexibility index (Phi) is 11.2. The number of carbonyl (C=O) groups excluding carboxylic acids is 2. The highest BCUT2D eigenvalue weighted by Crippen LogP contribution is 2.34. The van der Waals surface area contributed by atoms with Gasteiger partial charge in [0, 0.05) is 19.2 Å². The van der Waals surface area contributed by atoms with E-state index in [1.165, 1.54) is 37.3 Å². The van der Waals surface area contributed by atoms with Crippen molar-refractivity contribution in [2.75, 3.05) is 31.6 Å². The topological polar surface area (TPSA) is 105 Å². The molecule has 0 aromatic heterocycles. The van der Waals surface area contributed by atoms with E-state index in [-0.39, 0.29) is 23.0 Å². The summed E-state index contributed by atoms with van der Waals surface area (Å²) in [7, 11) is -1.25. The van der Waals surface area contributed by atoms with Gasteiger partial charge in [-0.15, -0.1) is 0 Å². The first-order valence-electron chi connectivity index (χ1n) is 13.6. The fourth-order valence-electron chi connectivity index (χ4n) is 4.52. The van der Waals surface area contributed by atoms with Crippen LogP contribution < -0.4 is 19.1 Å². The Bertz CT molecular complexity index is 1430. The average molecular weight is 582 g/mol. The zero-order valence-electron chi connectivity index (χ0n) is 24.3. The molecule has 3 aromatic rings. The minimum atomic E-state index is -4.18. The Labute approximate surface area is 243 Å². The fraction of sp³-hybridized carbons (Fsp3) is 0.355. The van der Waals surface area contributed by atoms with Crippen molar-refractivity contribution in [1.82, 2.24) is 10.2 Å². The smallest absolute Gasteiger partial charge is 0.264 e. The van der Waals surface area contributed by atoms with Crippen LogP contribution in [0.2, 0.25) is 0 Å². The van der Waals surface area contributed by atoms with Crippen molar-refractivity contribution in [2.45, 2.75) is 51.1 Å². The molecule has 0 spiro atoms. The number of hydrogen-bond donors (Lipinski definition) is 1. The highest BCUT2D eigenvalue weighted by Gasteiger charge is 2.34. The van der Waals surface area contributed by atoms with Gasteiger partial charge in [0.25, 0.3) is 10.0 Å². The van der Waals surface area contributed by atoms with E-state index in [4.69, 9.17) is 9.47 Å². The number of ether oxygens (including phenoxy) is 2. The molecule has 0 aliphatic heterocycles. The van der Waals surface area contributed by atoms with Gasteiger partial charge in [-0.3, -0.25) is 13.9 Å². The van der Waals surface area contributed by atoms with Crippen LogP contribution in [0.25, 0.3) is 0 Å². The second-order valence-electron chi connectivity index (χ2n) is 9.59. The van der Waals surface area contributed by atoms with Crippen LogP contribution in [-0.2, 0) is 26.2 Å². The maximum absolute atomic E-state index is 14.1. The van der Waals surface area contributed by atoms with Crippen LogP contribution in [0.4, 0.5) is 5.69 Å². The molecule has 0 saturated heterocycles. The molecule has 0 fully saturated rings. The zero-order chi connectivity index (χ0) is 30.0. The summed E-state index contributed by atoms with van der Waals surface area (Å²) in [4.78, 5) is 28.8. The Balaban J connectivity index is 2.10. The van der Waals surface area contributed by atoms with E-state index in [1.807, 2.05) is 45.0 Å². The molecule has 0 bridgehead atoms. The first-order valence-corrected chi connectivity index (χ1v) is 15.0. The van der Waals surface area contributed by atoms with Crippen LogP contribution >= 0.6 is 0 Å². The molecule has 10 heteroatoms. The minimum Gasteiger partial charge on any atom is -0.493 e. The van der Waals surface area contributed by atoms with Crippen LogP contribution in [0.15, 0.2) is 77.7 Å². The van der Waals surface area contributed by atoms with Gasteiger partial charge in [0.05, 0.1) is 24.8 Å². The monoisotopic (exact) mass is 581 g/mol. The molecule has 1 N–H and O–H groups in total. The lowest BCUT2D eigenvalue weighted by atomic mass is 10.1. The molecule has 0 radical (unpaired) electrons.